The summed E-state index contributed by atoms with van der Waals surface area (Å²) in [7, 11) is -3.37. The molecule has 1 rings (SSSR count). The normalized spacial score (nSPS) is 15.8. The predicted octanol–water partition coefficient (Wildman–Crippen LogP) is -0.495. The highest BCUT2D eigenvalue weighted by Crippen LogP contribution is 1.99. The first-order chi connectivity index (χ1) is 5.17. The van der Waals surface area contributed by atoms with Crippen LogP contribution in [0.25, 0.3) is 0 Å². The Bertz CT molecular complexity index is 315. The Morgan fingerprint density at radius 2 is 2.36 bits per heavy atom. The third-order valence-corrected chi connectivity index (χ3v) is 2.40. The molecule has 5 nitrogen and oxygen atoms in total. The number of hydrogen-bond acceptors (Lipinski definition) is 4. The highest BCUT2D eigenvalue weighted by atomic mass is 32.2. The molecule has 0 bridgehead atoms. The highest BCUT2D eigenvalue weighted by Gasteiger charge is 2.19. The monoisotopic (exact) mass is 172 g/mol. The molecule has 0 amide bonds. The number of aliphatic imine (C=N–C) groups is 1. The van der Waals surface area contributed by atoms with Crippen LogP contribution in [0.5, 0.6) is 0 Å². The molecule has 1 heterocycles. The Balaban J connectivity index is 2.89. The summed E-state index contributed by atoms with van der Waals surface area (Å²) in [5.74, 6) is -0.154. The molecule has 0 aromatic heterocycles. The van der Waals surface area contributed by atoms with E-state index in [-0.39, 0.29) is 10.9 Å². The first-order valence-electron chi connectivity index (χ1n) is 2.81. The summed E-state index contributed by atoms with van der Waals surface area (Å²) in [6.45, 7) is 3.30. The molecular weight excluding hydrogens is 166 g/mol. The maximum Gasteiger partial charge on any atom is 0.269 e. The lowest BCUT2D eigenvalue weighted by Crippen LogP contribution is -2.13. The summed E-state index contributed by atoms with van der Waals surface area (Å²) in [6, 6.07) is 0. The van der Waals surface area contributed by atoms with Gasteiger partial charge in [-0.15, -0.1) is 17.1 Å². The third-order valence-electron chi connectivity index (χ3n) is 0.979. The van der Waals surface area contributed by atoms with E-state index in [0.29, 0.717) is 0 Å². The van der Waals surface area contributed by atoms with Crippen molar-refractivity contribution in [2.45, 2.75) is 0 Å². The molecule has 11 heavy (non-hydrogen) atoms. The molecule has 0 spiro atoms. The minimum atomic E-state index is -3.37. The van der Waals surface area contributed by atoms with Gasteiger partial charge in [-0.25, -0.2) is 13.4 Å². The molecule has 0 saturated carbocycles. The lowest BCUT2D eigenvalue weighted by molar-refractivity contribution is 0.609. The summed E-state index contributed by atoms with van der Waals surface area (Å²) < 4.78 is 22.1. The van der Waals surface area contributed by atoms with E-state index in [2.05, 4.69) is 22.1 Å². The lowest BCUT2D eigenvalue weighted by atomic mass is 10.8. The molecule has 0 atom stereocenters. The van der Waals surface area contributed by atoms with Gasteiger partial charge in [0.15, 0.2) is 0 Å². The maximum atomic E-state index is 11.1. The standard InChI is InChI=1S/C5H6N3O2S/c1-2-3-11(9,10)5-6-4-7-8-5/h2,4H,1,3H2. The van der Waals surface area contributed by atoms with Crippen LogP contribution in [0.2, 0.25) is 0 Å². The van der Waals surface area contributed by atoms with E-state index in [1.54, 1.807) is 0 Å². The molecule has 1 radical (unpaired) electrons. The van der Waals surface area contributed by atoms with Crippen molar-refractivity contribution in [1.82, 2.24) is 5.43 Å². The molecular formula is C5H6N3O2S. The second kappa shape index (κ2) is 2.83. The fraction of sp³-hybridized carbons (Fsp3) is 0.200. The van der Waals surface area contributed by atoms with Gasteiger partial charge in [0.2, 0.25) is 9.84 Å². The van der Waals surface area contributed by atoms with Crippen LogP contribution in [0, 0.1) is 0 Å². The van der Waals surface area contributed by atoms with Crippen LogP contribution in [0.3, 0.4) is 0 Å². The Morgan fingerprint density at radius 3 is 2.82 bits per heavy atom. The summed E-state index contributed by atoms with van der Waals surface area (Å²) in [6.07, 6.45) is 2.38. The molecule has 1 aliphatic heterocycles. The van der Waals surface area contributed by atoms with Gasteiger partial charge in [0.25, 0.3) is 5.17 Å². The molecule has 0 unspecified atom stereocenters. The van der Waals surface area contributed by atoms with Gasteiger partial charge in [-0.05, 0) is 0 Å². The number of amidine groups is 1. The zero-order valence-corrected chi connectivity index (χ0v) is 6.45. The van der Waals surface area contributed by atoms with Crippen LogP contribution >= 0.6 is 0 Å². The molecule has 0 aromatic carbocycles. The minimum absolute atomic E-state index is 0.154. The largest absolute Gasteiger partial charge is 0.269 e. The Kier molecular flexibility index (Phi) is 2.04. The summed E-state index contributed by atoms with van der Waals surface area (Å²) in [5.41, 5.74) is 3.30. The van der Waals surface area contributed by atoms with Crippen LogP contribution < -0.4 is 5.43 Å². The average Bonchev–Trinajstić information content (AvgIpc) is 2.37. The van der Waals surface area contributed by atoms with E-state index in [4.69, 9.17) is 0 Å². The number of sulfone groups is 1. The fourth-order valence-electron chi connectivity index (χ4n) is 0.548. The van der Waals surface area contributed by atoms with Gasteiger partial charge >= 0.3 is 0 Å². The van der Waals surface area contributed by atoms with Gasteiger partial charge in [0, 0.05) is 0 Å². The molecule has 6 heteroatoms. The Morgan fingerprint density at radius 1 is 1.64 bits per heavy atom. The minimum Gasteiger partial charge on any atom is -0.220 e. The number of hydrogen-bond donors (Lipinski definition) is 0. The van der Waals surface area contributed by atoms with Gasteiger partial charge in [0.05, 0.1) is 5.75 Å². The van der Waals surface area contributed by atoms with Crippen molar-refractivity contribution >= 4 is 21.3 Å². The SMILES string of the molecule is C=CCS(=O)(=O)C1=N[N]C=N1. The predicted molar refractivity (Wildman–Crippen MR) is 42.0 cm³/mol. The molecule has 0 fully saturated rings. The smallest absolute Gasteiger partial charge is 0.220 e. The van der Waals surface area contributed by atoms with Gasteiger partial charge in [-0.1, -0.05) is 6.08 Å². The van der Waals surface area contributed by atoms with Crippen molar-refractivity contribution in [1.29, 1.82) is 0 Å². The topological polar surface area (TPSA) is 73.0 Å². The zero-order valence-electron chi connectivity index (χ0n) is 5.64. The highest BCUT2D eigenvalue weighted by molar-refractivity contribution is 8.06. The zero-order chi connectivity index (χ0) is 8.32. The molecule has 1 aliphatic rings. The molecule has 0 saturated heterocycles. The second-order valence-corrected chi connectivity index (χ2v) is 3.74. The van der Waals surface area contributed by atoms with Crippen molar-refractivity contribution in [3.8, 4) is 0 Å². The van der Waals surface area contributed by atoms with E-state index < -0.39 is 9.84 Å². The van der Waals surface area contributed by atoms with Crippen molar-refractivity contribution in [3.63, 3.8) is 0 Å². The van der Waals surface area contributed by atoms with Crippen LogP contribution in [-0.2, 0) is 9.84 Å². The Labute approximate surface area is 64.4 Å². The Hall–Kier alpha value is -1.17. The number of rotatable bonds is 2. The van der Waals surface area contributed by atoms with E-state index in [1.165, 1.54) is 6.08 Å². The van der Waals surface area contributed by atoms with Crippen molar-refractivity contribution in [2.24, 2.45) is 10.1 Å². The van der Waals surface area contributed by atoms with Crippen LogP contribution in [0.1, 0.15) is 0 Å². The van der Waals surface area contributed by atoms with Crippen LogP contribution in [-0.4, -0.2) is 25.7 Å². The maximum absolute atomic E-state index is 11.1. The van der Waals surface area contributed by atoms with E-state index in [1.807, 2.05) is 0 Å². The first kappa shape index (κ1) is 7.93. The van der Waals surface area contributed by atoms with Crippen LogP contribution in [0.15, 0.2) is 22.7 Å². The average molecular weight is 172 g/mol. The van der Waals surface area contributed by atoms with Crippen molar-refractivity contribution in [2.75, 3.05) is 5.75 Å². The first-order valence-corrected chi connectivity index (χ1v) is 4.46. The van der Waals surface area contributed by atoms with Gasteiger partial charge in [-0.2, -0.15) is 0 Å². The molecule has 0 N–H and O–H groups in total. The quantitative estimate of drug-likeness (QED) is 0.527. The van der Waals surface area contributed by atoms with E-state index >= 15 is 0 Å². The van der Waals surface area contributed by atoms with Crippen molar-refractivity contribution < 1.29 is 8.42 Å². The summed E-state index contributed by atoms with van der Waals surface area (Å²) in [4.78, 5) is 3.45. The summed E-state index contributed by atoms with van der Waals surface area (Å²) >= 11 is 0. The van der Waals surface area contributed by atoms with Crippen molar-refractivity contribution in [3.05, 3.63) is 12.7 Å². The number of nitrogens with zero attached hydrogens (tertiary/aromatic N) is 3. The molecule has 59 valence electrons. The van der Waals surface area contributed by atoms with Crippen LogP contribution in [0.4, 0.5) is 0 Å². The third kappa shape index (κ3) is 1.64. The molecule has 0 aliphatic carbocycles. The van der Waals surface area contributed by atoms with E-state index in [0.717, 1.165) is 6.34 Å². The second-order valence-electron chi connectivity index (χ2n) is 1.81. The van der Waals surface area contributed by atoms with E-state index in [9.17, 15) is 8.42 Å². The van der Waals surface area contributed by atoms with Gasteiger partial charge in [-0.3, -0.25) is 0 Å². The lowest BCUT2D eigenvalue weighted by Gasteiger charge is -1.93. The van der Waals surface area contributed by atoms with Gasteiger partial charge in [0.1, 0.15) is 6.34 Å². The fourth-order valence-corrected chi connectivity index (χ4v) is 1.39. The molecule has 0 aromatic rings. The summed E-state index contributed by atoms with van der Waals surface area (Å²) in [5, 5.41) is 3.07. The van der Waals surface area contributed by atoms with Gasteiger partial charge < -0.3 is 0 Å².